The smallest absolute Gasteiger partial charge is 0.241 e. The zero-order chi connectivity index (χ0) is 18.4. The number of rotatable bonds is 5. The van der Waals surface area contributed by atoms with E-state index >= 15 is 0 Å². The summed E-state index contributed by atoms with van der Waals surface area (Å²) in [7, 11) is 0. The molecule has 0 spiro atoms. The quantitative estimate of drug-likeness (QED) is 0.828. The Labute approximate surface area is 154 Å². The lowest BCUT2D eigenvalue weighted by Gasteiger charge is -2.38. The second kappa shape index (κ2) is 9.12. The number of anilines is 1. The van der Waals surface area contributed by atoms with Crippen molar-refractivity contribution in [3.05, 3.63) is 30.3 Å². The lowest BCUT2D eigenvalue weighted by Crippen LogP contribution is -2.55. The van der Waals surface area contributed by atoms with E-state index < -0.39 is 0 Å². The van der Waals surface area contributed by atoms with Gasteiger partial charge in [-0.3, -0.25) is 19.4 Å². The van der Waals surface area contributed by atoms with Crippen LogP contribution in [0.1, 0.15) is 6.92 Å². The molecule has 2 amide bonds. The summed E-state index contributed by atoms with van der Waals surface area (Å²) in [6, 6.07) is 9.33. The SMILES string of the molecule is C[C@@H](C(=O)Nc1ccccc1)N1CCN(CC(=O)N2CCOCC2)CC1. The van der Waals surface area contributed by atoms with Crippen LogP contribution in [0.15, 0.2) is 30.3 Å². The van der Waals surface area contributed by atoms with Gasteiger partial charge in [-0.2, -0.15) is 0 Å². The largest absolute Gasteiger partial charge is 0.378 e. The molecule has 2 aliphatic heterocycles. The first kappa shape index (κ1) is 18.8. The summed E-state index contributed by atoms with van der Waals surface area (Å²) >= 11 is 0. The van der Waals surface area contributed by atoms with Crippen molar-refractivity contribution in [1.29, 1.82) is 0 Å². The van der Waals surface area contributed by atoms with Gasteiger partial charge in [-0.25, -0.2) is 0 Å². The van der Waals surface area contributed by atoms with E-state index in [1.807, 2.05) is 42.2 Å². The first-order valence-corrected chi connectivity index (χ1v) is 9.31. The Morgan fingerprint density at radius 3 is 2.35 bits per heavy atom. The number of morpholine rings is 1. The van der Waals surface area contributed by atoms with Gasteiger partial charge in [0, 0.05) is 45.0 Å². The van der Waals surface area contributed by atoms with E-state index in [2.05, 4.69) is 15.1 Å². The van der Waals surface area contributed by atoms with E-state index in [1.54, 1.807) is 0 Å². The molecule has 2 fully saturated rings. The number of carbonyl (C=O) groups is 2. The van der Waals surface area contributed by atoms with Crippen molar-refractivity contribution in [1.82, 2.24) is 14.7 Å². The molecule has 0 radical (unpaired) electrons. The predicted octanol–water partition coefficient (Wildman–Crippen LogP) is 0.490. The van der Waals surface area contributed by atoms with Crippen LogP contribution in [0.5, 0.6) is 0 Å². The Kier molecular flexibility index (Phi) is 6.60. The molecule has 2 heterocycles. The van der Waals surface area contributed by atoms with Crippen molar-refractivity contribution in [3.8, 4) is 0 Å². The van der Waals surface area contributed by atoms with Crippen molar-refractivity contribution >= 4 is 17.5 Å². The van der Waals surface area contributed by atoms with Gasteiger partial charge in [0.15, 0.2) is 0 Å². The van der Waals surface area contributed by atoms with Crippen LogP contribution in [0.3, 0.4) is 0 Å². The molecule has 1 N–H and O–H groups in total. The van der Waals surface area contributed by atoms with Gasteiger partial charge < -0.3 is 15.0 Å². The molecule has 1 aromatic carbocycles. The number of piperazine rings is 1. The van der Waals surface area contributed by atoms with Gasteiger partial charge >= 0.3 is 0 Å². The molecule has 2 saturated heterocycles. The fourth-order valence-electron chi connectivity index (χ4n) is 3.35. The van der Waals surface area contributed by atoms with Crippen LogP contribution < -0.4 is 5.32 Å². The van der Waals surface area contributed by atoms with E-state index in [-0.39, 0.29) is 17.9 Å². The molecule has 0 aromatic heterocycles. The molecule has 3 rings (SSSR count). The molecule has 26 heavy (non-hydrogen) atoms. The standard InChI is InChI=1S/C19H28N4O3/c1-16(19(25)20-17-5-3-2-4-6-17)22-9-7-21(8-10-22)15-18(24)23-11-13-26-14-12-23/h2-6,16H,7-15H2,1H3,(H,20,25)/t16-/m0/s1. The lowest BCUT2D eigenvalue weighted by molar-refractivity contribution is -0.137. The molecule has 0 bridgehead atoms. The van der Waals surface area contributed by atoms with Crippen LogP contribution in [0, 0.1) is 0 Å². The lowest BCUT2D eigenvalue weighted by atomic mass is 10.2. The second-order valence-electron chi connectivity index (χ2n) is 6.84. The molecule has 7 heteroatoms. The fourth-order valence-corrected chi connectivity index (χ4v) is 3.35. The maximum Gasteiger partial charge on any atom is 0.241 e. The van der Waals surface area contributed by atoms with Crippen LogP contribution in [-0.2, 0) is 14.3 Å². The van der Waals surface area contributed by atoms with Gasteiger partial charge in [-0.1, -0.05) is 18.2 Å². The van der Waals surface area contributed by atoms with Gasteiger partial charge in [0.1, 0.15) is 0 Å². The number of nitrogens with one attached hydrogen (secondary N) is 1. The number of nitrogens with zero attached hydrogens (tertiary/aromatic N) is 3. The number of hydrogen-bond acceptors (Lipinski definition) is 5. The van der Waals surface area contributed by atoms with Gasteiger partial charge in [0.05, 0.1) is 25.8 Å². The van der Waals surface area contributed by atoms with Crippen molar-refractivity contribution < 1.29 is 14.3 Å². The molecule has 7 nitrogen and oxygen atoms in total. The van der Waals surface area contributed by atoms with Gasteiger partial charge in [0.25, 0.3) is 0 Å². The average Bonchev–Trinajstić information content (AvgIpc) is 2.69. The Morgan fingerprint density at radius 1 is 1.04 bits per heavy atom. The average molecular weight is 360 g/mol. The first-order chi connectivity index (χ1) is 12.6. The van der Waals surface area contributed by atoms with E-state index in [0.717, 1.165) is 31.9 Å². The topological polar surface area (TPSA) is 65.1 Å². The first-order valence-electron chi connectivity index (χ1n) is 9.31. The molecule has 0 aliphatic carbocycles. The Bertz CT molecular complexity index is 596. The molecule has 142 valence electrons. The molecule has 0 saturated carbocycles. The zero-order valence-corrected chi connectivity index (χ0v) is 15.4. The van der Waals surface area contributed by atoms with Crippen molar-refractivity contribution in [2.45, 2.75) is 13.0 Å². The monoisotopic (exact) mass is 360 g/mol. The summed E-state index contributed by atoms with van der Waals surface area (Å²) in [4.78, 5) is 31.0. The highest BCUT2D eigenvalue weighted by atomic mass is 16.5. The number of hydrogen-bond donors (Lipinski definition) is 1. The minimum Gasteiger partial charge on any atom is -0.378 e. The summed E-state index contributed by atoms with van der Waals surface area (Å²) in [5.74, 6) is 0.186. The second-order valence-corrected chi connectivity index (χ2v) is 6.84. The molecule has 1 aromatic rings. The maximum atomic E-state index is 12.4. The fraction of sp³-hybridized carbons (Fsp3) is 0.579. The third-order valence-electron chi connectivity index (χ3n) is 5.10. The van der Waals surface area contributed by atoms with Gasteiger partial charge in [-0.15, -0.1) is 0 Å². The van der Waals surface area contributed by atoms with E-state index in [9.17, 15) is 9.59 Å². The molecular formula is C19H28N4O3. The normalized spacial score (nSPS) is 20.6. The summed E-state index contributed by atoms with van der Waals surface area (Å²) in [6.45, 7) is 8.23. The van der Waals surface area contributed by atoms with Crippen LogP contribution in [0.25, 0.3) is 0 Å². The van der Waals surface area contributed by atoms with Crippen LogP contribution >= 0.6 is 0 Å². The summed E-state index contributed by atoms with van der Waals surface area (Å²) in [5, 5.41) is 2.96. The predicted molar refractivity (Wildman–Crippen MR) is 99.9 cm³/mol. The minimum absolute atomic E-state index is 0.00837. The van der Waals surface area contributed by atoms with E-state index in [4.69, 9.17) is 4.74 Å². The maximum absolute atomic E-state index is 12.4. The molecule has 2 aliphatic rings. The molecule has 1 atom stereocenters. The van der Waals surface area contributed by atoms with E-state index in [1.165, 1.54) is 0 Å². The van der Waals surface area contributed by atoms with Gasteiger partial charge in [0.2, 0.25) is 11.8 Å². The van der Waals surface area contributed by atoms with Crippen molar-refractivity contribution in [2.75, 3.05) is 64.3 Å². The minimum atomic E-state index is -0.188. The van der Waals surface area contributed by atoms with Crippen LogP contribution in [0.4, 0.5) is 5.69 Å². The van der Waals surface area contributed by atoms with Crippen LogP contribution in [0.2, 0.25) is 0 Å². The Hall–Kier alpha value is -1.96. The molecule has 0 unspecified atom stereocenters. The van der Waals surface area contributed by atoms with Crippen LogP contribution in [-0.4, -0.2) is 91.6 Å². The Balaban J connectivity index is 1.42. The van der Waals surface area contributed by atoms with Crippen molar-refractivity contribution in [2.24, 2.45) is 0 Å². The summed E-state index contributed by atoms with van der Waals surface area (Å²) in [6.07, 6.45) is 0. The summed E-state index contributed by atoms with van der Waals surface area (Å²) < 4.78 is 5.29. The number of ether oxygens (including phenoxy) is 1. The Morgan fingerprint density at radius 2 is 1.69 bits per heavy atom. The molecular weight excluding hydrogens is 332 g/mol. The third-order valence-corrected chi connectivity index (χ3v) is 5.10. The number of para-hydroxylation sites is 1. The highest BCUT2D eigenvalue weighted by Gasteiger charge is 2.27. The number of amides is 2. The summed E-state index contributed by atoms with van der Waals surface area (Å²) in [5.41, 5.74) is 0.819. The van der Waals surface area contributed by atoms with Crippen molar-refractivity contribution in [3.63, 3.8) is 0 Å². The van der Waals surface area contributed by atoms with E-state index in [0.29, 0.717) is 32.8 Å². The zero-order valence-electron chi connectivity index (χ0n) is 15.4. The highest BCUT2D eigenvalue weighted by molar-refractivity contribution is 5.94. The number of carbonyl (C=O) groups excluding carboxylic acids is 2. The van der Waals surface area contributed by atoms with Gasteiger partial charge in [-0.05, 0) is 19.1 Å². The number of benzene rings is 1. The third kappa shape index (κ3) is 5.03. The highest BCUT2D eigenvalue weighted by Crippen LogP contribution is 2.11.